The summed E-state index contributed by atoms with van der Waals surface area (Å²) in [7, 11) is -3.30. The number of ether oxygens (including phenoxy) is 1. The molecule has 0 saturated carbocycles. The number of carbonyl (C=O) groups excluding carboxylic acids is 3. The summed E-state index contributed by atoms with van der Waals surface area (Å²) in [6, 6.07) is 0. The molecule has 0 bridgehead atoms. The van der Waals surface area contributed by atoms with Crippen LogP contribution < -0.4 is 0 Å². The lowest BCUT2D eigenvalue weighted by molar-refractivity contribution is -0.141. The molecule has 0 spiro atoms. The fourth-order valence-corrected chi connectivity index (χ4v) is 1.40. The molecule has 0 rings (SSSR count). The Balaban J connectivity index is -0.000000154. The molecule has 11 heteroatoms. The third-order valence-electron chi connectivity index (χ3n) is 2.56. The highest BCUT2D eigenvalue weighted by Gasteiger charge is 2.00. The second-order valence-electron chi connectivity index (χ2n) is 5.24. The normalized spacial score (nSPS) is 9.37. The van der Waals surface area contributed by atoms with Crippen molar-refractivity contribution in [3.8, 4) is 0 Å². The number of carboxylic acids is 1. The van der Waals surface area contributed by atoms with E-state index in [1.54, 1.807) is 6.92 Å². The van der Waals surface area contributed by atoms with Crippen LogP contribution in [-0.2, 0) is 34.3 Å². The van der Waals surface area contributed by atoms with E-state index in [0.29, 0.717) is 32.1 Å². The van der Waals surface area contributed by atoms with Gasteiger partial charge in [0.2, 0.25) is 0 Å². The lowest BCUT2D eigenvalue weighted by Gasteiger charge is -1.97. The van der Waals surface area contributed by atoms with E-state index >= 15 is 0 Å². The summed E-state index contributed by atoms with van der Waals surface area (Å²) >= 11 is 0. The highest BCUT2D eigenvalue weighted by Crippen LogP contribution is 2.01. The number of methoxy groups -OCH3 is 1. The molecule has 0 aromatic carbocycles. The van der Waals surface area contributed by atoms with Gasteiger partial charge in [-0.1, -0.05) is 7.43 Å². The van der Waals surface area contributed by atoms with Crippen molar-refractivity contribution in [3.63, 3.8) is 0 Å². The monoisotopic (exact) mass is 416 g/mol. The maximum Gasteiger partial charge on any atom is 0.394 e. The minimum absolute atomic E-state index is 0. The first-order valence-electron chi connectivity index (χ1n) is 7.77. The number of esters is 1. The molecule has 0 radical (unpaired) electrons. The van der Waals surface area contributed by atoms with E-state index in [1.807, 2.05) is 0 Å². The van der Waals surface area contributed by atoms with E-state index in [9.17, 15) is 19.2 Å². The molecule has 0 aromatic rings. The van der Waals surface area contributed by atoms with Gasteiger partial charge in [0.25, 0.3) is 0 Å². The Morgan fingerprint density at radius 3 is 1.33 bits per heavy atom. The molecule has 0 aromatic heterocycles. The molecule has 0 aliphatic rings. The molecule has 0 saturated heterocycles. The zero-order valence-electron chi connectivity index (χ0n) is 15.3. The first-order chi connectivity index (χ1) is 11.8. The van der Waals surface area contributed by atoms with Crippen LogP contribution in [0.3, 0.4) is 0 Å². The minimum Gasteiger partial charge on any atom is -0.481 e. The van der Waals surface area contributed by atoms with E-state index in [0.717, 1.165) is 12.8 Å². The standard InChI is InChI=1S/C8H14O3.C7H12O3.CH4.H2O4S/c1-7(9)5-3-4-6-8(10)11-2;1-6(8)4-2-3-5-7(9)10;;1-5(2,3)4/h3-6H2,1-2H3;2-5H2,1H3,(H,9,10);1H4;(H2,1,2,3,4). The van der Waals surface area contributed by atoms with Crippen molar-refractivity contribution in [1.82, 2.24) is 0 Å². The van der Waals surface area contributed by atoms with Crippen LogP contribution >= 0.6 is 0 Å². The molecule has 0 unspecified atom stereocenters. The molecule has 27 heavy (non-hydrogen) atoms. The Morgan fingerprint density at radius 2 is 1.07 bits per heavy atom. The summed E-state index contributed by atoms with van der Waals surface area (Å²) in [4.78, 5) is 41.3. The number of hydrogen-bond acceptors (Lipinski definition) is 7. The fourth-order valence-electron chi connectivity index (χ4n) is 1.40. The molecule has 0 heterocycles. The van der Waals surface area contributed by atoms with Gasteiger partial charge < -0.3 is 19.4 Å². The Morgan fingerprint density at radius 1 is 0.778 bits per heavy atom. The van der Waals surface area contributed by atoms with Crippen molar-refractivity contribution in [2.75, 3.05) is 7.11 Å². The number of hydrogen-bond donors (Lipinski definition) is 3. The van der Waals surface area contributed by atoms with Crippen molar-refractivity contribution in [1.29, 1.82) is 0 Å². The summed E-state index contributed by atoms with van der Waals surface area (Å²) in [5, 5.41) is 8.19. The smallest absolute Gasteiger partial charge is 0.394 e. The Bertz CT molecular complexity index is 501. The Labute approximate surface area is 160 Å². The number of rotatable bonds is 10. The minimum atomic E-state index is -4.67. The number of ketones is 2. The predicted octanol–water partition coefficient (Wildman–Crippen LogP) is 2.51. The molecule has 162 valence electrons. The van der Waals surface area contributed by atoms with Gasteiger partial charge in [-0.3, -0.25) is 18.7 Å². The van der Waals surface area contributed by atoms with Crippen LogP contribution in [0.5, 0.6) is 0 Å². The van der Waals surface area contributed by atoms with Crippen LogP contribution in [0.15, 0.2) is 0 Å². The second-order valence-corrected chi connectivity index (χ2v) is 6.13. The van der Waals surface area contributed by atoms with E-state index in [4.69, 9.17) is 22.6 Å². The van der Waals surface area contributed by atoms with E-state index in [1.165, 1.54) is 14.0 Å². The Kier molecular flexibility index (Phi) is 24.9. The van der Waals surface area contributed by atoms with Gasteiger partial charge in [-0.2, -0.15) is 8.42 Å². The van der Waals surface area contributed by atoms with E-state index < -0.39 is 16.4 Å². The molecular weight excluding hydrogens is 384 g/mol. The number of Topliss-reactive ketones (excluding diaryl/α,β-unsaturated/α-hetero) is 2. The lowest BCUT2D eigenvalue weighted by atomic mass is 10.1. The first-order valence-corrected chi connectivity index (χ1v) is 9.16. The van der Waals surface area contributed by atoms with Crippen molar-refractivity contribution in [2.24, 2.45) is 0 Å². The van der Waals surface area contributed by atoms with Gasteiger partial charge in [0.05, 0.1) is 7.11 Å². The van der Waals surface area contributed by atoms with Crippen molar-refractivity contribution < 1.29 is 46.5 Å². The van der Waals surface area contributed by atoms with Crippen LogP contribution in [0.4, 0.5) is 0 Å². The van der Waals surface area contributed by atoms with Gasteiger partial charge >= 0.3 is 22.3 Å². The highest BCUT2D eigenvalue weighted by molar-refractivity contribution is 7.79. The van der Waals surface area contributed by atoms with Gasteiger partial charge in [0.1, 0.15) is 11.6 Å². The van der Waals surface area contributed by atoms with Crippen LogP contribution in [-0.4, -0.2) is 53.2 Å². The van der Waals surface area contributed by atoms with Gasteiger partial charge in [-0.25, -0.2) is 0 Å². The van der Waals surface area contributed by atoms with Crippen molar-refractivity contribution >= 4 is 33.9 Å². The molecule has 0 aliphatic heterocycles. The molecular formula is C16H32O10S. The lowest BCUT2D eigenvalue weighted by Crippen LogP contribution is -2.00. The molecule has 0 atom stereocenters. The number of carbonyl (C=O) groups is 4. The number of carboxylic acid groups (broad SMARTS) is 1. The molecule has 0 fully saturated rings. The van der Waals surface area contributed by atoms with Crippen molar-refractivity contribution in [2.45, 2.75) is 72.6 Å². The van der Waals surface area contributed by atoms with Gasteiger partial charge in [-0.15, -0.1) is 0 Å². The molecule has 0 amide bonds. The number of unbranched alkanes of at least 4 members (excludes halogenated alkanes) is 2. The zero-order valence-corrected chi connectivity index (χ0v) is 16.1. The molecule has 0 aliphatic carbocycles. The predicted molar refractivity (Wildman–Crippen MR) is 98.9 cm³/mol. The van der Waals surface area contributed by atoms with Gasteiger partial charge in [-0.05, 0) is 39.5 Å². The summed E-state index contributed by atoms with van der Waals surface area (Å²) in [6.45, 7) is 3.07. The van der Waals surface area contributed by atoms with Crippen LogP contribution in [0, 0.1) is 0 Å². The first kappa shape index (κ1) is 32.8. The maximum atomic E-state index is 10.5. The Hall–Kier alpha value is -1.85. The molecule has 10 nitrogen and oxygen atoms in total. The fraction of sp³-hybridized carbons (Fsp3) is 0.750. The van der Waals surface area contributed by atoms with Gasteiger partial charge in [0, 0.05) is 25.7 Å². The summed E-state index contributed by atoms with van der Waals surface area (Å²) < 4.78 is 36.0. The quantitative estimate of drug-likeness (QED) is 0.273. The second kappa shape index (κ2) is 20.5. The third kappa shape index (κ3) is 59.2. The average molecular weight is 416 g/mol. The van der Waals surface area contributed by atoms with E-state index in [-0.39, 0.29) is 31.4 Å². The zero-order chi connectivity index (χ0) is 21.2. The summed E-state index contributed by atoms with van der Waals surface area (Å²) in [6.07, 6.45) is 4.49. The largest absolute Gasteiger partial charge is 0.481 e. The van der Waals surface area contributed by atoms with Crippen LogP contribution in [0.25, 0.3) is 0 Å². The maximum absolute atomic E-state index is 10.5. The molecule has 3 N–H and O–H groups in total. The third-order valence-corrected chi connectivity index (χ3v) is 2.56. The van der Waals surface area contributed by atoms with Crippen molar-refractivity contribution in [3.05, 3.63) is 0 Å². The SMILES string of the molecule is C.CC(=O)CCCCC(=O)O.COC(=O)CCCCC(C)=O.O=S(=O)(O)O. The average Bonchev–Trinajstić information content (AvgIpc) is 2.46. The summed E-state index contributed by atoms with van der Waals surface area (Å²) in [5.74, 6) is -0.683. The van der Waals surface area contributed by atoms with E-state index in [2.05, 4.69) is 4.74 Å². The van der Waals surface area contributed by atoms with Crippen LogP contribution in [0.2, 0.25) is 0 Å². The topological polar surface area (TPSA) is 172 Å². The van der Waals surface area contributed by atoms with Gasteiger partial charge in [0.15, 0.2) is 0 Å². The number of aliphatic carboxylic acids is 1. The highest BCUT2D eigenvalue weighted by atomic mass is 32.3. The van der Waals surface area contributed by atoms with Crippen LogP contribution in [0.1, 0.15) is 72.6 Å². The summed E-state index contributed by atoms with van der Waals surface area (Å²) in [5.41, 5.74) is 0.